The number of esters is 1. The molecule has 1 aromatic carbocycles. The van der Waals surface area contributed by atoms with E-state index in [9.17, 15) is 9.59 Å². The van der Waals surface area contributed by atoms with Crippen LogP contribution >= 0.6 is 27.5 Å². The van der Waals surface area contributed by atoms with Crippen LogP contribution in [0.2, 0.25) is 5.02 Å². The van der Waals surface area contributed by atoms with E-state index in [0.29, 0.717) is 10.7 Å². The van der Waals surface area contributed by atoms with Gasteiger partial charge in [0.15, 0.2) is 6.10 Å². The molecule has 1 atom stereocenters. The van der Waals surface area contributed by atoms with E-state index in [-0.39, 0.29) is 5.69 Å². The molecule has 22 heavy (non-hydrogen) atoms. The summed E-state index contributed by atoms with van der Waals surface area (Å²) in [6.45, 7) is 1.48. The standard InChI is InChI=1S/C15H12BrClN2O3/c1-9(14(20)19-12-4-2-3-10(16)7-12)22-15(21)13-8-11(17)5-6-18-13/h2-9H,1H3,(H,19,20)/t9-/m1/s1. The van der Waals surface area contributed by atoms with Gasteiger partial charge in [-0.2, -0.15) is 0 Å². The van der Waals surface area contributed by atoms with Crippen LogP contribution in [0, 0.1) is 0 Å². The van der Waals surface area contributed by atoms with E-state index >= 15 is 0 Å². The maximum Gasteiger partial charge on any atom is 0.357 e. The molecule has 1 aromatic heterocycles. The average molecular weight is 384 g/mol. The van der Waals surface area contributed by atoms with Crippen molar-refractivity contribution in [1.29, 1.82) is 0 Å². The predicted molar refractivity (Wildman–Crippen MR) is 86.9 cm³/mol. The number of amides is 1. The van der Waals surface area contributed by atoms with E-state index in [0.717, 1.165) is 4.47 Å². The molecule has 1 amide bonds. The molecule has 1 heterocycles. The van der Waals surface area contributed by atoms with Gasteiger partial charge in [-0.1, -0.05) is 33.6 Å². The minimum absolute atomic E-state index is 0.0506. The number of carbonyl (C=O) groups is 2. The molecule has 0 bridgehead atoms. The highest BCUT2D eigenvalue weighted by Gasteiger charge is 2.20. The van der Waals surface area contributed by atoms with Gasteiger partial charge in [0.25, 0.3) is 5.91 Å². The molecule has 0 spiro atoms. The molecule has 0 unspecified atom stereocenters. The Morgan fingerprint density at radius 3 is 2.77 bits per heavy atom. The largest absolute Gasteiger partial charge is 0.448 e. The van der Waals surface area contributed by atoms with Crippen LogP contribution in [0.15, 0.2) is 47.1 Å². The van der Waals surface area contributed by atoms with Crippen molar-refractivity contribution in [2.24, 2.45) is 0 Å². The van der Waals surface area contributed by atoms with Crippen LogP contribution in [0.5, 0.6) is 0 Å². The molecule has 1 N–H and O–H groups in total. The van der Waals surface area contributed by atoms with Gasteiger partial charge in [-0.25, -0.2) is 9.78 Å². The Balaban J connectivity index is 1.98. The van der Waals surface area contributed by atoms with Crippen LogP contribution in [-0.2, 0) is 9.53 Å². The first kappa shape index (κ1) is 16.5. The molecule has 0 aliphatic heterocycles. The van der Waals surface area contributed by atoms with Crippen LogP contribution in [0.1, 0.15) is 17.4 Å². The minimum Gasteiger partial charge on any atom is -0.448 e. The number of halogens is 2. The van der Waals surface area contributed by atoms with Crippen molar-refractivity contribution >= 4 is 45.1 Å². The number of rotatable bonds is 4. The Morgan fingerprint density at radius 1 is 1.32 bits per heavy atom. The number of aromatic nitrogens is 1. The molecule has 0 radical (unpaired) electrons. The lowest BCUT2D eigenvalue weighted by Gasteiger charge is -2.13. The molecule has 2 rings (SSSR count). The van der Waals surface area contributed by atoms with Crippen molar-refractivity contribution in [3.63, 3.8) is 0 Å². The fourth-order valence-corrected chi connectivity index (χ4v) is 2.16. The van der Waals surface area contributed by atoms with Crippen molar-refractivity contribution in [2.45, 2.75) is 13.0 Å². The van der Waals surface area contributed by atoms with Gasteiger partial charge >= 0.3 is 5.97 Å². The van der Waals surface area contributed by atoms with Crippen molar-refractivity contribution < 1.29 is 14.3 Å². The Kier molecular flexibility index (Phi) is 5.51. The van der Waals surface area contributed by atoms with E-state index in [1.165, 1.54) is 19.2 Å². The third-order valence-electron chi connectivity index (χ3n) is 2.68. The molecule has 0 fully saturated rings. The smallest absolute Gasteiger partial charge is 0.357 e. The molecule has 114 valence electrons. The van der Waals surface area contributed by atoms with Gasteiger partial charge in [0, 0.05) is 21.4 Å². The monoisotopic (exact) mass is 382 g/mol. The number of carbonyl (C=O) groups excluding carboxylic acids is 2. The van der Waals surface area contributed by atoms with Gasteiger partial charge in [0.2, 0.25) is 0 Å². The topological polar surface area (TPSA) is 68.3 Å². The van der Waals surface area contributed by atoms with Gasteiger partial charge < -0.3 is 10.1 Å². The van der Waals surface area contributed by atoms with E-state index in [1.807, 2.05) is 6.07 Å². The maximum atomic E-state index is 12.0. The summed E-state index contributed by atoms with van der Waals surface area (Å²) < 4.78 is 5.90. The van der Waals surface area contributed by atoms with Crippen molar-refractivity contribution in [1.82, 2.24) is 4.98 Å². The molecule has 0 saturated heterocycles. The zero-order valence-corrected chi connectivity index (χ0v) is 13.9. The van der Waals surface area contributed by atoms with E-state index < -0.39 is 18.0 Å². The lowest BCUT2D eigenvalue weighted by molar-refractivity contribution is -0.123. The fraction of sp³-hybridized carbons (Fsp3) is 0.133. The number of hydrogen-bond acceptors (Lipinski definition) is 4. The van der Waals surface area contributed by atoms with Gasteiger partial charge in [-0.3, -0.25) is 4.79 Å². The van der Waals surface area contributed by atoms with Crippen LogP contribution < -0.4 is 5.32 Å². The van der Waals surface area contributed by atoms with Crippen molar-refractivity contribution in [3.05, 3.63) is 57.8 Å². The van der Waals surface area contributed by atoms with Crippen LogP contribution in [0.3, 0.4) is 0 Å². The van der Waals surface area contributed by atoms with Crippen molar-refractivity contribution in [3.8, 4) is 0 Å². The van der Waals surface area contributed by atoms with E-state index in [4.69, 9.17) is 16.3 Å². The highest BCUT2D eigenvalue weighted by atomic mass is 79.9. The number of nitrogens with one attached hydrogen (secondary N) is 1. The Morgan fingerprint density at radius 2 is 2.09 bits per heavy atom. The van der Waals surface area contributed by atoms with Crippen molar-refractivity contribution in [2.75, 3.05) is 5.32 Å². The Labute approximate surface area is 140 Å². The second-order valence-corrected chi connectivity index (χ2v) is 5.76. The molecule has 0 aliphatic rings. The van der Waals surface area contributed by atoms with Gasteiger partial charge in [0.1, 0.15) is 5.69 Å². The zero-order chi connectivity index (χ0) is 16.1. The predicted octanol–water partition coefficient (Wildman–Crippen LogP) is 3.68. The highest BCUT2D eigenvalue weighted by Crippen LogP contribution is 2.16. The van der Waals surface area contributed by atoms with Crippen LogP contribution in [0.25, 0.3) is 0 Å². The minimum atomic E-state index is -0.965. The van der Waals surface area contributed by atoms with Crippen LogP contribution in [0.4, 0.5) is 5.69 Å². The summed E-state index contributed by atoms with van der Waals surface area (Å²) in [5, 5.41) is 3.03. The third kappa shape index (κ3) is 4.54. The highest BCUT2D eigenvalue weighted by molar-refractivity contribution is 9.10. The fourth-order valence-electron chi connectivity index (χ4n) is 1.60. The quantitative estimate of drug-likeness (QED) is 0.818. The lowest BCUT2D eigenvalue weighted by Crippen LogP contribution is -2.30. The molecule has 5 nitrogen and oxygen atoms in total. The number of ether oxygens (including phenoxy) is 1. The first-order chi connectivity index (χ1) is 10.5. The van der Waals surface area contributed by atoms with E-state index in [2.05, 4.69) is 26.2 Å². The third-order valence-corrected chi connectivity index (χ3v) is 3.40. The molecular formula is C15H12BrClN2O3. The van der Waals surface area contributed by atoms with Gasteiger partial charge in [-0.15, -0.1) is 0 Å². The molecular weight excluding hydrogens is 372 g/mol. The average Bonchev–Trinajstić information content (AvgIpc) is 2.47. The summed E-state index contributed by atoms with van der Waals surface area (Å²) in [5.41, 5.74) is 0.651. The normalized spacial score (nSPS) is 11.6. The Hall–Kier alpha value is -1.92. The lowest BCUT2D eigenvalue weighted by atomic mass is 10.3. The van der Waals surface area contributed by atoms with Gasteiger partial charge in [-0.05, 0) is 37.3 Å². The maximum absolute atomic E-state index is 12.0. The summed E-state index contributed by atoms with van der Waals surface area (Å²) >= 11 is 9.09. The number of nitrogens with zero attached hydrogens (tertiary/aromatic N) is 1. The number of pyridine rings is 1. The summed E-state index contributed by atoms with van der Waals surface area (Å²) in [6, 6.07) is 10.0. The second kappa shape index (κ2) is 7.38. The zero-order valence-electron chi connectivity index (χ0n) is 11.5. The summed E-state index contributed by atoms with van der Waals surface area (Å²) in [4.78, 5) is 27.7. The number of hydrogen-bond donors (Lipinski definition) is 1. The van der Waals surface area contributed by atoms with E-state index in [1.54, 1.807) is 24.3 Å². The number of anilines is 1. The molecule has 7 heteroatoms. The Bertz CT molecular complexity index is 709. The SMILES string of the molecule is C[C@@H](OC(=O)c1cc(Cl)ccn1)C(=O)Nc1cccc(Br)c1. The second-order valence-electron chi connectivity index (χ2n) is 4.41. The summed E-state index contributed by atoms with van der Waals surface area (Å²) in [6.07, 6.45) is 0.429. The molecule has 0 aliphatic carbocycles. The summed E-state index contributed by atoms with van der Waals surface area (Å²) in [5.74, 6) is -1.15. The first-order valence-electron chi connectivity index (χ1n) is 6.34. The molecule has 0 saturated carbocycles. The molecule has 2 aromatic rings. The van der Waals surface area contributed by atoms with Crippen LogP contribution in [-0.4, -0.2) is 23.0 Å². The summed E-state index contributed by atoms with van der Waals surface area (Å²) in [7, 11) is 0. The number of benzene rings is 1. The van der Waals surface area contributed by atoms with Gasteiger partial charge in [0.05, 0.1) is 0 Å². The first-order valence-corrected chi connectivity index (χ1v) is 7.52.